The minimum atomic E-state index is -0.186. The molecule has 0 radical (unpaired) electrons. The number of nitrogens with zero attached hydrogens (tertiary/aromatic N) is 1. The van der Waals surface area contributed by atoms with Gasteiger partial charge in [0, 0.05) is 26.6 Å². The third kappa shape index (κ3) is 6.40. The van der Waals surface area contributed by atoms with Gasteiger partial charge in [-0.2, -0.15) is 0 Å². The lowest BCUT2D eigenvalue weighted by Gasteiger charge is -2.19. The van der Waals surface area contributed by atoms with Crippen molar-refractivity contribution in [2.75, 3.05) is 33.8 Å². The Morgan fingerprint density at radius 3 is 2.56 bits per heavy atom. The van der Waals surface area contributed by atoms with Crippen molar-refractivity contribution in [2.24, 2.45) is 5.92 Å². The van der Waals surface area contributed by atoms with Crippen molar-refractivity contribution < 1.29 is 14.3 Å². The number of carbonyl (C=O) groups excluding carboxylic acids is 2. The Hall–Kier alpha value is -1.10. The first-order valence-electron chi connectivity index (χ1n) is 5.57. The smallest absolute Gasteiger partial charge is 0.309 e. The van der Waals surface area contributed by atoms with E-state index in [-0.39, 0.29) is 17.8 Å². The van der Waals surface area contributed by atoms with Crippen LogP contribution in [0.25, 0.3) is 0 Å². The molecule has 1 amide bonds. The van der Waals surface area contributed by atoms with E-state index >= 15 is 0 Å². The largest absolute Gasteiger partial charge is 0.466 e. The van der Waals surface area contributed by atoms with Crippen LogP contribution in [0.3, 0.4) is 0 Å². The molecule has 0 aliphatic carbocycles. The van der Waals surface area contributed by atoms with Crippen molar-refractivity contribution in [1.82, 2.24) is 10.2 Å². The average molecular weight is 230 g/mol. The highest BCUT2D eigenvalue weighted by Crippen LogP contribution is 2.01. The number of hydrogen-bond acceptors (Lipinski definition) is 4. The van der Waals surface area contributed by atoms with Crippen molar-refractivity contribution in [3.8, 4) is 0 Å². The molecule has 5 heteroatoms. The lowest BCUT2D eigenvalue weighted by molar-refractivity contribution is -0.147. The van der Waals surface area contributed by atoms with Crippen LogP contribution in [0.4, 0.5) is 0 Å². The molecular weight excluding hydrogens is 208 g/mol. The summed E-state index contributed by atoms with van der Waals surface area (Å²) in [6, 6.07) is 0. The van der Waals surface area contributed by atoms with E-state index in [2.05, 4.69) is 5.32 Å². The summed E-state index contributed by atoms with van der Waals surface area (Å²) in [7, 11) is 3.50. The fourth-order valence-electron chi connectivity index (χ4n) is 1.34. The molecule has 1 atom stereocenters. The zero-order chi connectivity index (χ0) is 12.6. The molecule has 0 aliphatic heterocycles. The van der Waals surface area contributed by atoms with Crippen LogP contribution in [0.1, 0.15) is 20.3 Å². The summed E-state index contributed by atoms with van der Waals surface area (Å²) < 4.78 is 4.91. The summed E-state index contributed by atoms with van der Waals surface area (Å²) >= 11 is 0. The van der Waals surface area contributed by atoms with Gasteiger partial charge in [-0.3, -0.25) is 9.59 Å². The van der Waals surface area contributed by atoms with Crippen molar-refractivity contribution >= 4 is 11.9 Å². The van der Waals surface area contributed by atoms with Gasteiger partial charge in [0.2, 0.25) is 5.91 Å². The first-order chi connectivity index (χ1) is 7.51. The maximum Gasteiger partial charge on any atom is 0.309 e. The molecular formula is C11H22N2O3. The van der Waals surface area contributed by atoms with Gasteiger partial charge in [0.25, 0.3) is 0 Å². The molecule has 0 fully saturated rings. The van der Waals surface area contributed by atoms with Crippen LogP contribution < -0.4 is 5.32 Å². The molecule has 0 aromatic heterocycles. The Morgan fingerprint density at radius 1 is 1.44 bits per heavy atom. The lowest BCUT2D eigenvalue weighted by Crippen LogP contribution is -2.32. The van der Waals surface area contributed by atoms with Crippen LogP contribution >= 0.6 is 0 Å². The quantitative estimate of drug-likeness (QED) is 0.637. The number of esters is 1. The molecule has 16 heavy (non-hydrogen) atoms. The van der Waals surface area contributed by atoms with E-state index in [1.165, 1.54) is 0 Å². The fraction of sp³-hybridized carbons (Fsp3) is 0.818. The van der Waals surface area contributed by atoms with Crippen LogP contribution in [-0.4, -0.2) is 50.6 Å². The highest BCUT2D eigenvalue weighted by Gasteiger charge is 2.16. The van der Waals surface area contributed by atoms with Gasteiger partial charge in [-0.05, 0) is 14.0 Å². The Labute approximate surface area is 97.1 Å². The zero-order valence-electron chi connectivity index (χ0n) is 10.6. The van der Waals surface area contributed by atoms with Crippen LogP contribution in [0.5, 0.6) is 0 Å². The van der Waals surface area contributed by atoms with Gasteiger partial charge < -0.3 is 15.0 Å². The molecule has 0 bridgehead atoms. The molecule has 1 N–H and O–H groups in total. The van der Waals surface area contributed by atoms with Crippen molar-refractivity contribution in [1.29, 1.82) is 0 Å². The van der Waals surface area contributed by atoms with Gasteiger partial charge >= 0.3 is 5.97 Å². The first-order valence-corrected chi connectivity index (χ1v) is 5.57. The van der Waals surface area contributed by atoms with Gasteiger partial charge in [0.15, 0.2) is 0 Å². The number of ether oxygens (including phenoxy) is 1. The van der Waals surface area contributed by atoms with E-state index < -0.39 is 0 Å². The monoisotopic (exact) mass is 230 g/mol. The SMILES string of the molecule is CCOC(=O)C(C)CN(C)CCC(=O)NC. The maximum atomic E-state index is 11.3. The second kappa shape index (κ2) is 8.10. The molecule has 5 nitrogen and oxygen atoms in total. The number of hydrogen-bond donors (Lipinski definition) is 1. The van der Waals surface area contributed by atoms with E-state index in [9.17, 15) is 9.59 Å². The predicted octanol–water partition coefficient (Wildman–Crippen LogP) is 0.254. The molecule has 0 heterocycles. The highest BCUT2D eigenvalue weighted by molar-refractivity contribution is 5.75. The maximum absolute atomic E-state index is 11.3. The second-order valence-corrected chi connectivity index (χ2v) is 3.84. The van der Waals surface area contributed by atoms with Crippen LogP contribution in [-0.2, 0) is 14.3 Å². The van der Waals surface area contributed by atoms with Crippen molar-refractivity contribution in [3.63, 3.8) is 0 Å². The van der Waals surface area contributed by atoms with Crippen molar-refractivity contribution in [3.05, 3.63) is 0 Å². The summed E-state index contributed by atoms with van der Waals surface area (Å²) in [5.74, 6) is -0.334. The molecule has 0 spiro atoms. The number of nitrogens with one attached hydrogen (secondary N) is 1. The van der Waals surface area contributed by atoms with E-state index in [4.69, 9.17) is 4.74 Å². The molecule has 0 saturated heterocycles. The van der Waals surface area contributed by atoms with Gasteiger partial charge in [-0.25, -0.2) is 0 Å². The fourth-order valence-corrected chi connectivity index (χ4v) is 1.34. The van der Waals surface area contributed by atoms with Gasteiger partial charge in [-0.1, -0.05) is 6.92 Å². The minimum absolute atomic E-state index is 0.00985. The van der Waals surface area contributed by atoms with Crippen molar-refractivity contribution in [2.45, 2.75) is 20.3 Å². The van der Waals surface area contributed by atoms with Crippen LogP contribution in [0.15, 0.2) is 0 Å². The Morgan fingerprint density at radius 2 is 2.06 bits per heavy atom. The molecule has 0 aromatic carbocycles. The standard InChI is InChI=1S/C11H22N2O3/c1-5-16-11(15)9(2)8-13(4)7-6-10(14)12-3/h9H,5-8H2,1-4H3,(H,12,14). The molecule has 0 saturated carbocycles. The molecule has 0 aliphatic rings. The predicted molar refractivity (Wildman–Crippen MR) is 62.0 cm³/mol. The topological polar surface area (TPSA) is 58.6 Å². The molecule has 1 unspecified atom stereocenters. The summed E-state index contributed by atoms with van der Waals surface area (Å²) in [6.07, 6.45) is 0.447. The first kappa shape index (κ1) is 14.9. The zero-order valence-corrected chi connectivity index (χ0v) is 10.6. The van der Waals surface area contributed by atoms with E-state index in [1.807, 2.05) is 18.9 Å². The summed E-state index contributed by atoms with van der Waals surface area (Å²) in [5, 5.41) is 2.56. The third-order valence-electron chi connectivity index (χ3n) is 2.27. The minimum Gasteiger partial charge on any atom is -0.466 e. The summed E-state index contributed by atoms with van der Waals surface area (Å²) in [6.45, 7) is 5.28. The average Bonchev–Trinajstić information content (AvgIpc) is 2.26. The van der Waals surface area contributed by atoms with Crippen LogP contribution in [0.2, 0.25) is 0 Å². The Bertz CT molecular complexity index is 231. The van der Waals surface area contributed by atoms with Gasteiger partial charge in [0.05, 0.1) is 12.5 Å². The normalized spacial score (nSPS) is 12.3. The summed E-state index contributed by atoms with van der Waals surface area (Å²) in [4.78, 5) is 24.3. The number of amides is 1. The third-order valence-corrected chi connectivity index (χ3v) is 2.27. The molecule has 0 rings (SSSR count). The Balaban J connectivity index is 3.81. The van der Waals surface area contributed by atoms with Crippen LogP contribution in [0, 0.1) is 5.92 Å². The van der Waals surface area contributed by atoms with Gasteiger partial charge in [0.1, 0.15) is 0 Å². The number of rotatable bonds is 7. The molecule has 94 valence electrons. The number of carbonyl (C=O) groups is 2. The highest BCUT2D eigenvalue weighted by atomic mass is 16.5. The van der Waals surface area contributed by atoms with Gasteiger partial charge in [-0.15, -0.1) is 0 Å². The van der Waals surface area contributed by atoms with E-state index in [0.717, 1.165) is 0 Å². The Kier molecular flexibility index (Phi) is 7.54. The van der Waals surface area contributed by atoms with E-state index in [1.54, 1.807) is 14.0 Å². The van der Waals surface area contributed by atoms with E-state index in [0.29, 0.717) is 26.1 Å². The summed E-state index contributed by atoms with van der Waals surface area (Å²) in [5.41, 5.74) is 0. The lowest BCUT2D eigenvalue weighted by atomic mass is 10.1. The second-order valence-electron chi connectivity index (χ2n) is 3.84. The molecule has 0 aromatic rings.